The topological polar surface area (TPSA) is 77.1 Å². The quantitative estimate of drug-likeness (QED) is 0.650. The Balaban J connectivity index is 1.50. The first-order chi connectivity index (χ1) is 14.2. The minimum absolute atomic E-state index is 0.217. The van der Waals surface area contributed by atoms with Crippen LogP contribution in [-0.4, -0.2) is 67.0 Å². The number of anilines is 1. The van der Waals surface area contributed by atoms with E-state index in [-0.39, 0.29) is 6.04 Å². The van der Waals surface area contributed by atoms with Crippen molar-refractivity contribution in [3.8, 4) is 0 Å². The molecule has 5 rings (SSSR count). The minimum atomic E-state index is 0.217. The molecule has 2 fully saturated rings. The zero-order chi connectivity index (χ0) is 19.8. The van der Waals surface area contributed by atoms with Crippen molar-refractivity contribution in [1.82, 2.24) is 34.2 Å². The Morgan fingerprint density at radius 3 is 2.86 bits per heavy atom. The van der Waals surface area contributed by atoms with E-state index >= 15 is 0 Å². The van der Waals surface area contributed by atoms with Crippen molar-refractivity contribution >= 4 is 17.0 Å². The van der Waals surface area contributed by atoms with Gasteiger partial charge in [0, 0.05) is 39.4 Å². The Hall–Kier alpha value is -2.52. The highest BCUT2D eigenvalue weighted by Gasteiger charge is 2.31. The SMILES string of the molecule is CCn1nccc1CN1CCCC1c1nc(N2CCOCC2)c2ncn(C)c2n1. The van der Waals surface area contributed by atoms with Crippen LogP contribution < -0.4 is 4.90 Å². The largest absolute Gasteiger partial charge is 0.378 e. The average molecular weight is 396 g/mol. The van der Waals surface area contributed by atoms with Crippen LogP contribution in [0.3, 0.4) is 0 Å². The van der Waals surface area contributed by atoms with Gasteiger partial charge in [-0.3, -0.25) is 9.58 Å². The second-order valence-electron chi connectivity index (χ2n) is 7.80. The summed E-state index contributed by atoms with van der Waals surface area (Å²) in [6.45, 7) is 8.08. The van der Waals surface area contributed by atoms with Crippen LogP contribution >= 0.6 is 0 Å². The molecule has 3 aromatic heterocycles. The van der Waals surface area contributed by atoms with Gasteiger partial charge in [-0.05, 0) is 32.4 Å². The Bertz CT molecular complexity index is 990. The number of morpholine rings is 1. The molecule has 0 bridgehead atoms. The van der Waals surface area contributed by atoms with Crippen LogP contribution in [0.25, 0.3) is 11.2 Å². The second kappa shape index (κ2) is 7.72. The fourth-order valence-corrected chi connectivity index (χ4v) is 4.45. The zero-order valence-electron chi connectivity index (χ0n) is 17.2. The highest BCUT2D eigenvalue weighted by atomic mass is 16.5. The van der Waals surface area contributed by atoms with Gasteiger partial charge in [0.1, 0.15) is 5.82 Å². The summed E-state index contributed by atoms with van der Waals surface area (Å²) >= 11 is 0. The van der Waals surface area contributed by atoms with E-state index in [1.54, 1.807) is 0 Å². The van der Waals surface area contributed by atoms with Crippen LogP contribution in [0.2, 0.25) is 0 Å². The smallest absolute Gasteiger partial charge is 0.165 e. The summed E-state index contributed by atoms with van der Waals surface area (Å²) in [4.78, 5) is 19.4. The lowest BCUT2D eigenvalue weighted by atomic mass is 10.2. The van der Waals surface area contributed by atoms with E-state index in [1.807, 2.05) is 24.1 Å². The Morgan fingerprint density at radius 2 is 2.03 bits per heavy atom. The van der Waals surface area contributed by atoms with Crippen molar-refractivity contribution in [2.75, 3.05) is 37.7 Å². The van der Waals surface area contributed by atoms with Crippen LogP contribution in [0.4, 0.5) is 5.82 Å². The highest BCUT2D eigenvalue weighted by molar-refractivity contribution is 5.83. The van der Waals surface area contributed by atoms with Gasteiger partial charge in [0.25, 0.3) is 0 Å². The maximum Gasteiger partial charge on any atom is 0.165 e. The first kappa shape index (κ1) is 18.5. The number of rotatable bonds is 5. The van der Waals surface area contributed by atoms with Crippen molar-refractivity contribution in [2.45, 2.75) is 38.9 Å². The van der Waals surface area contributed by atoms with Gasteiger partial charge in [0.15, 0.2) is 17.0 Å². The third kappa shape index (κ3) is 3.38. The number of aryl methyl sites for hydroxylation is 2. The third-order valence-corrected chi connectivity index (χ3v) is 6.00. The van der Waals surface area contributed by atoms with E-state index in [9.17, 15) is 0 Å². The molecule has 5 heterocycles. The van der Waals surface area contributed by atoms with E-state index in [0.717, 1.165) is 81.6 Å². The van der Waals surface area contributed by atoms with Gasteiger partial charge < -0.3 is 14.2 Å². The van der Waals surface area contributed by atoms with Gasteiger partial charge in [0.2, 0.25) is 0 Å². The number of hydrogen-bond donors (Lipinski definition) is 0. The molecule has 2 saturated heterocycles. The Morgan fingerprint density at radius 1 is 1.17 bits per heavy atom. The molecule has 0 aliphatic carbocycles. The van der Waals surface area contributed by atoms with E-state index in [0.29, 0.717) is 0 Å². The standard InChI is InChI=1S/C20H28N8O/c1-3-28-15(6-7-22-28)13-27-8-4-5-16(27)18-23-19-17(21-14-25(19)2)20(24-18)26-9-11-29-12-10-26/h6-7,14,16H,3-5,8-13H2,1-2H3. The first-order valence-corrected chi connectivity index (χ1v) is 10.5. The highest BCUT2D eigenvalue weighted by Crippen LogP contribution is 2.34. The summed E-state index contributed by atoms with van der Waals surface area (Å²) in [7, 11) is 2.00. The normalized spacial score (nSPS) is 20.8. The van der Waals surface area contributed by atoms with Gasteiger partial charge in [-0.25, -0.2) is 15.0 Å². The number of ether oxygens (including phenoxy) is 1. The molecule has 2 aliphatic heterocycles. The number of hydrogen-bond acceptors (Lipinski definition) is 7. The van der Waals surface area contributed by atoms with Crippen molar-refractivity contribution in [3.63, 3.8) is 0 Å². The molecule has 3 aromatic rings. The van der Waals surface area contributed by atoms with Crippen molar-refractivity contribution in [2.24, 2.45) is 7.05 Å². The lowest BCUT2D eigenvalue weighted by Gasteiger charge is -2.29. The first-order valence-electron chi connectivity index (χ1n) is 10.5. The summed E-state index contributed by atoms with van der Waals surface area (Å²) in [5.41, 5.74) is 3.03. The third-order valence-electron chi connectivity index (χ3n) is 6.00. The lowest BCUT2D eigenvalue weighted by molar-refractivity contribution is 0.122. The Kier molecular flexibility index (Phi) is 4.92. The summed E-state index contributed by atoms with van der Waals surface area (Å²) in [5, 5.41) is 4.42. The Labute approximate surface area is 170 Å². The maximum absolute atomic E-state index is 5.54. The summed E-state index contributed by atoms with van der Waals surface area (Å²) < 4.78 is 9.60. The second-order valence-corrected chi connectivity index (χ2v) is 7.80. The predicted molar refractivity (Wildman–Crippen MR) is 110 cm³/mol. The molecule has 154 valence electrons. The molecule has 9 nitrogen and oxygen atoms in total. The maximum atomic E-state index is 5.54. The fraction of sp³-hybridized carbons (Fsp3) is 0.600. The summed E-state index contributed by atoms with van der Waals surface area (Å²) in [6, 6.07) is 2.33. The molecule has 2 aliphatic rings. The van der Waals surface area contributed by atoms with E-state index in [1.165, 1.54) is 5.69 Å². The lowest BCUT2D eigenvalue weighted by Crippen LogP contribution is -2.37. The van der Waals surface area contributed by atoms with Crippen LogP contribution in [0.1, 0.15) is 37.3 Å². The van der Waals surface area contributed by atoms with Gasteiger partial charge in [0.05, 0.1) is 31.3 Å². The molecule has 0 aromatic carbocycles. The van der Waals surface area contributed by atoms with Gasteiger partial charge in [-0.15, -0.1) is 0 Å². The molecule has 0 amide bonds. The molecule has 0 saturated carbocycles. The van der Waals surface area contributed by atoms with E-state index in [2.05, 4.69) is 37.6 Å². The molecule has 0 spiro atoms. The zero-order valence-corrected chi connectivity index (χ0v) is 17.2. The molecule has 1 unspecified atom stereocenters. The van der Waals surface area contributed by atoms with Crippen molar-refractivity contribution in [3.05, 3.63) is 30.1 Å². The van der Waals surface area contributed by atoms with Crippen LogP contribution in [-0.2, 0) is 24.9 Å². The van der Waals surface area contributed by atoms with Crippen LogP contribution in [0, 0.1) is 0 Å². The van der Waals surface area contributed by atoms with Crippen LogP contribution in [0.15, 0.2) is 18.6 Å². The van der Waals surface area contributed by atoms with E-state index < -0.39 is 0 Å². The molecule has 29 heavy (non-hydrogen) atoms. The van der Waals surface area contributed by atoms with Gasteiger partial charge in [-0.2, -0.15) is 5.10 Å². The molecular formula is C20H28N8O. The molecule has 0 radical (unpaired) electrons. The van der Waals surface area contributed by atoms with Crippen LogP contribution in [0.5, 0.6) is 0 Å². The molecule has 9 heteroatoms. The average Bonchev–Trinajstić information content (AvgIpc) is 3.49. The number of fused-ring (bicyclic) bond motifs is 1. The van der Waals surface area contributed by atoms with Crippen molar-refractivity contribution in [1.29, 1.82) is 0 Å². The minimum Gasteiger partial charge on any atom is -0.378 e. The van der Waals surface area contributed by atoms with Gasteiger partial charge >= 0.3 is 0 Å². The summed E-state index contributed by atoms with van der Waals surface area (Å²) in [6.07, 6.45) is 5.95. The number of imidazole rings is 1. The van der Waals surface area contributed by atoms with Crippen molar-refractivity contribution < 1.29 is 4.74 Å². The van der Waals surface area contributed by atoms with Gasteiger partial charge in [-0.1, -0.05) is 0 Å². The number of aromatic nitrogens is 6. The summed E-state index contributed by atoms with van der Waals surface area (Å²) in [5.74, 6) is 1.85. The van der Waals surface area contributed by atoms with E-state index in [4.69, 9.17) is 14.7 Å². The number of nitrogens with zero attached hydrogens (tertiary/aromatic N) is 8. The fourth-order valence-electron chi connectivity index (χ4n) is 4.45. The number of likely N-dealkylation sites (tertiary alicyclic amines) is 1. The predicted octanol–water partition coefficient (Wildman–Crippen LogP) is 1.75. The monoisotopic (exact) mass is 396 g/mol. The molecule has 0 N–H and O–H groups in total. The molecule has 1 atom stereocenters. The molecular weight excluding hydrogens is 368 g/mol.